The minimum Gasteiger partial charge on any atom is -0.377 e. The van der Waals surface area contributed by atoms with E-state index in [2.05, 4.69) is 0 Å². The van der Waals surface area contributed by atoms with Crippen molar-refractivity contribution in [3.8, 4) is 0 Å². The fourth-order valence-electron chi connectivity index (χ4n) is 2.50. The first-order chi connectivity index (χ1) is 8.90. The Balaban J connectivity index is 1.84. The summed E-state index contributed by atoms with van der Waals surface area (Å²) >= 11 is 0. The number of rotatable bonds is 2. The van der Waals surface area contributed by atoms with Gasteiger partial charge in [-0.3, -0.25) is 0 Å². The van der Waals surface area contributed by atoms with E-state index in [0.29, 0.717) is 25.2 Å². The van der Waals surface area contributed by atoms with E-state index in [4.69, 9.17) is 14.3 Å². The summed E-state index contributed by atoms with van der Waals surface area (Å²) < 4.78 is 6.03. The summed E-state index contributed by atoms with van der Waals surface area (Å²) in [4.78, 5) is 19.6. The third-order valence-electron chi connectivity index (χ3n) is 3.64. The van der Waals surface area contributed by atoms with E-state index in [-0.39, 0.29) is 14.5 Å². The zero-order valence-corrected chi connectivity index (χ0v) is 12.7. The minimum atomic E-state index is -0.549. The lowest BCUT2D eigenvalue weighted by molar-refractivity contribution is -0.283. The summed E-state index contributed by atoms with van der Waals surface area (Å²) in [5.74, 6) is 0. The van der Waals surface area contributed by atoms with E-state index in [1.165, 1.54) is 44.9 Å². The highest BCUT2D eigenvalue weighted by Gasteiger charge is 2.26. The van der Waals surface area contributed by atoms with Gasteiger partial charge in [-0.1, -0.05) is 32.1 Å². The van der Waals surface area contributed by atoms with Crippen LogP contribution in [0.2, 0.25) is 0 Å². The predicted molar refractivity (Wildman–Crippen MR) is 75.2 cm³/mol. The van der Waals surface area contributed by atoms with Crippen LogP contribution < -0.4 is 0 Å². The topological polar surface area (TPSA) is 47.9 Å². The van der Waals surface area contributed by atoms with Crippen LogP contribution >= 0.6 is 17.0 Å². The summed E-state index contributed by atoms with van der Waals surface area (Å²) in [6.45, 7) is 1.07. The second kappa shape index (κ2) is 8.79. The van der Waals surface area contributed by atoms with Crippen molar-refractivity contribution in [1.82, 2.24) is 0 Å². The molecule has 0 radical (unpaired) electrons. The summed E-state index contributed by atoms with van der Waals surface area (Å²) in [5.41, 5.74) is 0.744. The van der Waals surface area contributed by atoms with Crippen LogP contribution in [0.1, 0.15) is 44.9 Å². The largest absolute Gasteiger partial charge is 0.377 e. The SMILES string of the molecule is OPC1COOCP(C2CCCCCCC2)OC1. The minimum absolute atomic E-state index is 0.0869. The van der Waals surface area contributed by atoms with Gasteiger partial charge in [0, 0.05) is 14.5 Å². The second-order valence-electron chi connectivity index (χ2n) is 5.07. The summed E-state index contributed by atoms with van der Waals surface area (Å²) in [5, 5.41) is 0. The molecule has 6 heteroatoms. The van der Waals surface area contributed by atoms with E-state index < -0.39 is 8.15 Å². The Kier molecular flexibility index (Phi) is 7.37. The van der Waals surface area contributed by atoms with Crippen LogP contribution in [0.25, 0.3) is 0 Å². The molecule has 4 nitrogen and oxygen atoms in total. The molecule has 1 saturated carbocycles. The molecule has 18 heavy (non-hydrogen) atoms. The Labute approximate surface area is 112 Å². The molecule has 2 rings (SSSR count). The van der Waals surface area contributed by atoms with Gasteiger partial charge in [0.2, 0.25) is 0 Å². The van der Waals surface area contributed by atoms with Crippen molar-refractivity contribution in [3.63, 3.8) is 0 Å². The van der Waals surface area contributed by atoms with Gasteiger partial charge in [0.05, 0.1) is 27.0 Å². The quantitative estimate of drug-likeness (QED) is 0.626. The molecule has 3 atom stereocenters. The Bertz CT molecular complexity index is 222. The monoisotopic (exact) mass is 294 g/mol. The highest BCUT2D eigenvalue weighted by Crippen LogP contribution is 2.49. The Morgan fingerprint density at radius 2 is 1.67 bits per heavy atom. The van der Waals surface area contributed by atoms with Crippen molar-refractivity contribution < 1.29 is 19.2 Å². The first-order valence-corrected chi connectivity index (χ1v) is 9.47. The van der Waals surface area contributed by atoms with Gasteiger partial charge in [-0.15, -0.1) is 0 Å². The maximum Gasteiger partial charge on any atom is 0.126 e. The molecule has 0 bridgehead atoms. The smallest absolute Gasteiger partial charge is 0.126 e. The zero-order chi connectivity index (χ0) is 12.6. The van der Waals surface area contributed by atoms with Crippen molar-refractivity contribution >= 4 is 17.0 Å². The van der Waals surface area contributed by atoms with Crippen LogP contribution in [0.3, 0.4) is 0 Å². The summed E-state index contributed by atoms with van der Waals surface area (Å²) in [6.07, 6.45) is 9.87. The van der Waals surface area contributed by atoms with Crippen molar-refractivity contribution in [2.24, 2.45) is 0 Å². The zero-order valence-electron chi connectivity index (χ0n) is 10.8. The van der Waals surface area contributed by atoms with E-state index in [1.807, 2.05) is 0 Å². The highest BCUT2D eigenvalue weighted by molar-refractivity contribution is 7.53. The van der Waals surface area contributed by atoms with Gasteiger partial charge in [-0.25, -0.2) is 9.78 Å². The second-order valence-corrected chi connectivity index (χ2v) is 8.22. The molecular formula is C12H24O4P2. The third kappa shape index (κ3) is 5.00. The molecule has 0 aromatic carbocycles. The Morgan fingerprint density at radius 3 is 2.39 bits per heavy atom. The maximum atomic E-state index is 9.21. The van der Waals surface area contributed by atoms with Gasteiger partial charge in [0.1, 0.15) is 6.35 Å². The summed E-state index contributed by atoms with van der Waals surface area (Å²) in [6, 6.07) is 0. The average molecular weight is 294 g/mol. The van der Waals surface area contributed by atoms with Crippen molar-refractivity contribution in [1.29, 1.82) is 0 Å². The molecule has 106 valence electrons. The highest BCUT2D eigenvalue weighted by atomic mass is 31.1. The van der Waals surface area contributed by atoms with Crippen LogP contribution in [0, 0.1) is 0 Å². The maximum absolute atomic E-state index is 9.21. The van der Waals surface area contributed by atoms with E-state index in [9.17, 15) is 4.89 Å². The lowest BCUT2D eigenvalue weighted by atomic mass is 10.0. The molecule has 1 heterocycles. The predicted octanol–water partition coefficient (Wildman–Crippen LogP) is 3.39. The van der Waals surface area contributed by atoms with E-state index >= 15 is 0 Å². The molecule has 0 aromatic heterocycles. The lowest BCUT2D eigenvalue weighted by Gasteiger charge is -2.30. The molecule has 1 aliphatic heterocycles. The van der Waals surface area contributed by atoms with Crippen LogP contribution in [0.15, 0.2) is 0 Å². The van der Waals surface area contributed by atoms with E-state index in [0.717, 1.165) is 0 Å². The first kappa shape index (κ1) is 15.1. The molecule has 2 aliphatic rings. The van der Waals surface area contributed by atoms with E-state index in [1.54, 1.807) is 0 Å². The molecule has 0 spiro atoms. The molecule has 0 aromatic rings. The van der Waals surface area contributed by atoms with Crippen molar-refractivity contribution in [2.75, 3.05) is 19.6 Å². The van der Waals surface area contributed by atoms with Gasteiger partial charge in [-0.2, -0.15) is 0 Å². The van der Waals surface area contributed by atoms with Crippen molar-refractivity contribution in [2.45, 2.75) is 56.3 Å². The molecular weight excluding hydrogens is 270 g/mol. The van der Waals surface area contributed by atoms with Gasteiger partial charge >= 0.3 is 0 Å². The van der Waals surface area contributed by atoms with Crippen LogP contribution in [0.5, 0.6) is 0 Å². The van der Waals surface area contributed by atoms with Crippen LogP contribution in [-0.2, 0) is 14.3 Å². The normalized spacial score (nSPS) is 33.8. The average Bonchev–Trinajstić information content (AvgIpc) is 2.30. The molecule has 3 unspecified atom stereocenters. The molecule has 1 aliphatic carbocycles. The first-order valence-electron chi connectivity index (χ1n) is 6.93. The molecule has 1 N–H and O–H groups in total. The van der Waals surface area contributed by atoms with Gasteiger partial charge in [0.15, 0.2) is 0 Å². The molecule has 1 saturated heterocycles. The van der Waals surface area contributed by atoms with Gasteiger partial charge < -0.3 is 9.42 Å². The third-order valence-corrected chi connectivity index (χ3v) is 6.51. The standard InChI is InChI=1S/C12H24O4P2/c13-17-11-8-14-15-10-18(16-9-11)12-6-4-2-1-3-5-7-12/h11-13,17H,1-10H2. The fourth-order valence-corrected chi connectivity index (χ4v) is 4.93. The summed E-state index contributed by atoms with van der Waals surface area (Å²) in [7, 11) is -0.672. The van der Waals surface area contributed by atoms with Crippen LogP contribution in [-0.4, -0.2) is 35.8 Å². The number of hydrogen-bond acceptors (Lipinski definition) is 4. The molecule has 0 amide bonds. The van der Waals surface area contributed by atoms with Crippen molar-refractivity contribution in [3.05, 3.63) is 0 Å². The fraction of sp³-hybridized carbons (Fsp3) is 1.00. The number of hydrogen-bond donors (Lipinski definition) is 1. The Hall–Kier alpha value is 0.700. The Morgan fingerprint density at radius 1 is 0.944 bits per heavy atom. The lowest BCUT2D eigenvalue weighted by Crippen LogP contribution is -2.23. The van der Waals surface area contributed by atoms with Gasteiger partial charge in [0.25, 0.3) is 0 Å². The molecule has 2 fully saturated rings. The van der Waals surface area contributed by atoms with Gasteiger partial charge in [-0.05, 0) is 12.8 Å². The van der Waals surface area contributed by atoms with Crippen LogP contribution in [0.4, 0.5) is 0 Å².